The van der Waals surface area contributed by atoms with Gasteiger partial charge in [-0.2, -0.15) is 8.78 Å². The molecule has 0 aliphatic rings. The largest absolute Gasteiger partial charge is 0.443 e. The Kier molecular flexibility index (Phi) is 6.52. The number of alkyl carbamates (subject to hydrolysis) is 1. The third-order valence-electron chi connectivity index (χ3n) is 2.47. The summed E-state index contributed by atoms with van der Waals surface area (Å²) < 4.78 is 52.8. The summed E-state index contributed by atoms with van der Waals surface area (Å²) >= 11 is 0. The van der Waals surface area contributed by atoms with Crippen LogP contribution in [0, 0.1) is 0 Å². The van der Waals surface area contributed by atoms with E-state index >= 15 is 0 Å². The fraction of sp³-hybridized carbons (Fsp3) is 0.385. The van der Waals surface area contributed by atoms with Crippen molar-refractivity contribution in [3.63, 3.8) is 0 Å². The normalized spacial score (nSPS) is 11.0. The lowest BCUT2D eigenvalue weighted by Crippen LogP contribution is -2.36. The van der Waals surface area contributed by atoms with Crippen molar-refractivity contribution in [3.8, 4) is 0 Å². The van der Waals surface area contributed by atoms with E-state index in [1.807, 2.05) is 0 Å². The van der Waals surface area contributed by atoms with E-state index < -0.39 is 25.0 Å². The third-order valence-corrected chi connectivity index (χ3v) is 2.47. The van der Waals surface area contributed by atoms with Gasteiger partial charge in [0.1, 0.15) is 0 Å². The highest BCUT2D eigenvalue weighted by molar-refractivity contribution is 5.67. The maximum absolute atomic E-state index is 12.5. The molecule has 0 aromatic heterocycles. The minimum atomic E-state index is -4.38. The molecule has 0 bridgehead atoms. The van der Waals surface area contributed by atoms with Gasteiger partial charge in [0.15, 0.2) is 6.61 Å². The number of hydrogen-bond acceptors (Lipinski definition) is 4. The predicted molar refractivity (Wildman–Crippen MR) is 67.4 cm³/mol. The highest BCUT2D eigenvalue weighted by atomic mass is 19.3. The summed E-state index contributed by atoms with van der Waals surface area (Å²) in [5.41, 5.74) is 1.27. The zero-order valence-electron chi connectivity index (χ0n) is 11.2. The standard InChI is InChI=1S/C13H12F4N2O3/c14-11(15)13(16,17)7-22-12(21)19-6-10-3-1-2-9(4-10)5-18-8-20/h1-4,11H,5-7H2,(H,19,21). The summed E-state index contributed by atoms with van der Waals surface area (Å²) in [5.74, 6) is -4.38. The molecule has 0 heterocycles. The smallest absolute Gasteiger partial charge is 0.407 e. The van der Waals surface area contributed by atoms with E-state index in [1.165, 1.54) is 6.08 Å². The van der Waals surface area contributed by atoms with Crippen LogP contribution in [0.25, 0.3) is 0 Å². The van der Waals surface area contributed by atoms with E-state index in [0.717, 1.165) is 0 Å². The van der Waals surface area contributed by atoms with Crippen molar-refractivity contribution >= 4 is 12.2 Å². The van der Waals surface area contributed by atoms with Crippen LogP contribution in [0.1, 0.15) is 11.1 Å². The predicted octanol–water partition coefficient (Wildman–Crippen LogP) is 2.65. The highest BCUT2D eigenvalue weighted by Gasteiger charge is 2.42. The third kappa shape index (κ3) is 5.92. The average Bonchev–Trinajstić information content (AvgIpc) is 2.49. The Morgan fingerprint density at radius 2 is 2.05 bits per heavy atom. The fourth-order valence-electron chi connectivity index (χ4n) is 1.41. The van der Waals surface area contributed by atoms with Crippen molar-refractivity contribution in [1.29, 1.82) is 0 Å². The van der Waals surface area contributed by atoms with Crippen LogP contribution in [0.5, 0.6) is 0 Å². The van der Waals surface area contributed by atoms with Crippen LogP contribution in [-0.2, 0) is 22.6 Å². The average molecular weight is 320 g/mol. The molecule has 0 saturated carbocycles. The van der Waals surface area contributed by atoms with Gasteiger partial charge in [0.25, 0.3) is 0 Å². The zero-order chi connectivity index (χ0) is 16.6. The summed E-state index contributed by atoms with van der Waals surface area (Å²) in [6.07, 6.45) is -3.77. The van der Waals surface area contributed by atoms with Crippen LogP contribution in [0.2, 0.25) is 0 Å². The van der Waals surface area contributed by atoms with Gasteiger partial charge in [0.05, 0.1) is 6.54 Å². The van der Waals surface area contributed by atoms with Gasteiger partial charge in [-0.25, -0.2) is 23.4 Å². The van der Waals surface area contributed by atoms with Crippen molar-refractivity contribution in [2.24, 2.45) is 4.99 Å². The monoisotopic (exact) mass is 320 g/mol. The second-order valence-electron chi connectivity index (χ2n) is 4.22. The quantitative estimate of drug-likeness (QED) is 0.477. The topological polar surface area (TPSA) is 67.8 Å². The Hall–Kier alpha value is -2.41. The number of carbonyl (C=O) groups is 1. The molecule has 1 amide bonds. The number of carbonyl (C=O) groups excluding carboxylic acids is 2. The number of nitrogens with one attached hydrogen (secondary N) is 1. The van der Waals surface area contributed by atoms with Crippen LogP contribution in [0.3, 0.4) is 0 Å². The fourth-order valence-corrected chi connectivity index (χ4v) is 1.41. The van der Waals surface area contributed by atoms with Crippen molar-refractivity contribution in [2.45, 2.75) is 25.4 Å². The Morgan fingerprint density at radius 1 is 1.36 bits per heavy atom. The molecule has 9 heteroatoms. The number of halogens is 4. The number of amides is 1. The lowest BCUT2D eigenvalue weighted by Gasteiger charge is -2.15. The highest BCUT2D eigenvalue weighted by Crippen LogP contribution is 2.22. The zero-order valence-corrected chi connectivity index (χ0v) is 11.2. The first-order valence-corrected chi connectivity index (χ1v) is 6.03. The molecule has 0 radical (unpaired) electrons. The Morgan fingerprint density at radius 3 is 2.68 bits per heavy atom. The summed E-state index contributed by atoms with van der Waals surface area (Å²) in [7, 11) is 0. The number of benzene rings is 1. The number of ether oxygens (including phenoxy) is 1. The van der Waals surface area contributed by atoms with Crippen LogP contribution in [-0.4, -0.2) is 31.1 Å². The molecule has 0 atom stereocenters. The molecular weight excluding hydrogens is 308 g/mol. The first-order valence-electron chi connectivity index (χ1n) is 6.03. The van der Waals surface area contributed by atoms with Gasteiger partial charge in [-0.05, 0) is 11.1 Å². The summed E-state index contributed by atoms with van der Waals surface area (Å²) in [6.45, 7) is -1.65. The Balaban J connectivity index is 2.45. The molecule has 0 aliphatic carbocycles. The minimum Gasteiger partial charge on any atom is -0.443 e. The second-order valence-corrected chi connectivity index (χ2v) is 4.22. The van der Waals surface area contributed by atoms with Gasteiger partial charge in [0.2, 0.25) is 6.08 Å². The SMILES string of the molecule is O=C=NCc1cccc(CNC(=O)OCC(F)(F)C(F)F)c1. The molecular formula is C13H12F4N2O3. The molecule has 22 heavy (non-hydrogen) atoms. The molecule has 0 unspecified atom stereocenters. The number of hydrogen-bond donors (Lipinski definition) is 1. The lowest BCUT2D eigenvalue weighted by atomic mass is 10.1. The number of isocyanates is 1. The van der Waals surface area contributed by atoms with Gasteiger partial charge in [0, 0.05) is 6.54 Å². The molecule has 0 spiro atoms. The molecule has 1 aromatic rings. The van der Waals surface area contributed by atoms with Crippen molar-refractivity contribution in [1.82, 2.24) is 5.32 Å². The van der Waals surface area contributed by atoms with Gasteiger partial charge in [-0.1, -0.05) is 24.3 Å². The maximum atomic E-state index is 12.5. The lowest BCUT2D eigenvalue weighted by molar-refractivity contribution is -0.153. The summed E-state index contributed by atoms with van der Waals surface area (Å²) in [6, 6.07) is 6.58. The number of rotatable bonds is 7. The Labute approximate surface area is 123 Å². The molecule has 1 aromatic carbocycles. The van der Waals surface area contributed by atoms with E-state index in [0.29, 0.717) is 11.1 Å². The van der Waals surface area contributed by atoms with Crippen LogP contribution in [0.4, 0.5) is 22.4 Å². The number of alkyl halides is 4. The van der Waals surface area contributed by atoms with Gasteiger partial charge in [-0.3, -0.25) is 0 Å². The van der Waals surface area contributed by atoms with Crippen LogP contribution >= 0.6 is 0 Å². The molecule has 1 rings (SSSR count). The van der Waals surface area contributed by atoms with Crippen molar-refractivity contribution in [2.75, 3.05) is 6.61 Å². The van der Waals surface area contributed by atoms with Gasteiger partial charge >= 0.3 is 18.4 Å². The molecule has 5 nitrogen and oxygen atoms in total. The summed E-state index contributed by atoms with van der Waals surface area (Å²) in [4.78, 5) is 24.5. The second kappa shape index (κ2) is 8.14. The maximum Gasteiger partial charge on any atom is 0.407 e. The molecule has 120 valence electrons. The van der Waals surface area contributed by atoms with E-state index in [9.17, 15) is 27.2 Å². The first kappa shape index (κ1) is 17.6. The van der Waals surface area contributed by atoms with E-state index in [1.54, 1.807) is 24.3 Å². The number of aliphatic imine (C=N–C) groups is 1. The number of nitrogens with zero attached hydrogens (tertiary/aromatic N) is 1. The van der Waals surface area contributed by atoms with E-state index in [4.69, 9.17) is 0 Å². The Bertz CT molecular complexity index is 560. The van der Waals surface area contributed by atoms with Crippen LogP contribution < -0.4 is 5.32 Å². The van der Waals surface area contributed by atoms with Gasteiger partial charge in [-0.15, -0.1) is 0 Å². The molecule has 1 N–H and O–H groups in total. The van der Waals surface area contributed by atoms with E-state index in [-0.39, 0.29) is 13.1 Å². The first-order chi connectivity index (χ1) is 10.3. The minimum absolute atomic E-state index is 0.0578. The van der Waals surface area contributed by atoms with Crippen molar-refractivity contribution in [3.05, 3.63) is 35.4 Å². The van der Waals surface area contributed by atoms with E-state index in [2.05, 4.69) is 15.0 Å². The molecule has 0 aliphatic heterocycles. The van der Waals surface area contributed by atoms with Crippen molar-refractivity contribution < 1.29 is 31.9 Å². The van der Waals surface area contributed by atoms with Crippen LogP contribution in [0.15, 0.2) is 29.3 Å². The molecule has 0 fully saturated rings. The summed E-state index contributed by atoms with van der Waals surface area (Å²) in [5, 5.41) is 2.15. The van der Waals surface area contributed by atoms with Gasteiger partial charge < -0.3 is 10.1 Å². The molecule has 0 saturated heterocycles.